The molecule has 1 heterocycles. The lowest BCUT2D eigenvalue weighted by Gasteiger charge is -2.12. The zero-order valence-corrected chi connectivity index (χ0v) is 13.2. The molecule has 1 nitrogen and oxygen atoms in total. The Morgan fingerprint density at radius 2 is 1.32 bits per heavy atom. The average Bonchev–Trinajstić information content (AvgIpc) is 2.27. The zero-order valence-electron chi connectivity index (χ0n) is 13.2. The van der Waals surface area contributed by atoms with Gasteiger partial charge in [-0.3, -0.25) is 0 Å². The van der Waals surface area contributed by atoms with Gasteiger partial charge in [-0.25, -0.2) is 0 Å². The van der Waals surface area contributed by atoms with E-state index >= 15 is 0 Å². The van der Waals surface area contributed by atoms with Crippen LogP contribution in [0.2, 0.25) is 0 Å². The van der Waals surface area contributed by atoms with Gasteiger partial charge in [0.25, 0.3) is 0 Å². The quantitative estimate of drug-likeness (QED) is 0.561. The van der Waals surface area contributed by atoms with E-state index in [0.29, 0.717) is 5.76 Å². The van der Waals surface area contributed by atoms with E-state index in [9.17, 15) is 0 Å². The van der Waals surface area contributed by atoms with Crippen molar-refractivity contribution in [3.8, 4) is 5.75 Å². The summed E-state index contributed by atoms with van der Waals surface area (Å²) >= 11 is 0. The molecule has 0 saturated carbocycles. The number of rotatable bonds is 0. The second kappa shape index (κ2) is 9.43. The molecule has 0 spiro atoms. The van der Waals surface area contributed by atoms with Crippen molar-refractivity contribution in [3.05, 3.63) is 48.2 Å². The second-order valence-corrected chi connectivity index (χ2v) is 5.90. The van der Waals surface area contributed by atoms with E-state index in [-0.39, 0.29) is 0 Å². The van der Waals surface area contributed by atoms with E-state index < -0.39 is 0 Å². The van der Waals surface area contributed by atoms with Crippen molar-refractivity contribution < 1.29 is 4.74 Å². The van der Waals surface area contributed by atoms with Crippen molar-refractivity contribution in [1.82, 2.24) is 0 Å². The van der Waals surface area contributed by atoms with Crippen LogP contribution >= 0.6 is 0 Å². The molecule has 2 rings (SSSR count). The molecule has 1 aliphatic rings. The Morgan fingerprint density at radius 1 is 0.842 bits per heavy atom. The first-order chi connectivity index (χ1) is 8.82. The molecular formula is C18H28O. The van der Waals surface area contributed by atoms with Gasteiger partial charge in [0.15, 0.2) is 0 Å². The highest BCUT2D eigenvalue weighted by Crippen LogP contribution is 2.25. The molecule has 0 N–H and O–H groups in total. The van der Waals surface area contributed by atoms with Crippen LogP contribution < -0.4 is 4.74 Å². The van der Waals surface area contributed by atoms with Crippen LogP contribution in [0, 0.1) is 11.8 Å². The molecule has 1 aliphatic heterocycles. The maximum atomic E-state index is 5.35. The van der Waals surface area contributed by atoms with Crippen LogP contribution in [-0.4, -0.2) is 0 Å². The Morgan fingerprint density at radius 3 is 1.84 bits per heavy atom. The molecule has 1 aromatic rings. The maximum Gasteiger partial charge on any atom is 0.134 e. The van der Waals surface area contributed by atoms with E-state index in [2.05, 4.69) is 48.1 Å². The molecule has 0 aromatic heterocycles. The Labute approximate surface area is 119 Å². The SMILES string of the molecule is C=C1C=Cc2ccccc2O1.CC(C)C.CC(C)C. The van der Waals surface area contributed by atoms with Gasteiger partial charge in [-0.1, -0.05) is 66.3 Å². The van der Waals surface area contributed by atoms with Crippen LogP contribution in [0.4, 0.5) is 0 Å². The van der Waals surface area contributed by atoms with Gasteiger partial charge in [0.1, 0.15) is 11.5 Å². The fourth-order valence-electron chi connectivity index (χ4n) is 1.07. The van der Waals surface area contributed by atoms with Gasteiger partial charge < -0.3 is 4.74 Å². The van der Waals surface area contributed by atoms with E-state index in [0.717, 1.165) is 23.1 Å². The van der Waals surface area contributed by atoms with E-state index in [1.807, 2.05) is 36.4 Å². The molecule has 0 atom stereocenters. The van der Waals surface area contributed by atoms with Crippen LogP contribution in [0.15, 0.2) is 42.7 Å². The van der Waals surface area contributed by atoms with Gasteiger partial charge >= 0.3 is 0 Å². The number of benzene rings is 1. The number of ether oxygens (including phenoxy) is 1. The maximum absolute atomic E-state index is 5.35. The lowest BCUT2D eigenvalue weighted by molar-refractivity contribution is 0.442. The van der Waals surface area contributed by atoms with Gasteiger partial charge in [-0.05, 0) is 30.1 Å². The highest BCUT2D eigenvalue weighted by molar-refractivity contribution is 5.62. The van der Waals surface area contributed by atoms with Gasteiger partial charge in [0.2, 0.25) is 0 Å². The molecule has 0 aliphatic carbocycles. The first-order valence-electron chi connectivity index (χ1n) is 6.96. The summed E-state index contributed by atoms with van der Waals surface area (Å²) in [6, 6.07) is 7.88. The first kappa shape index (κ1) is 17.5. The molecule has 0 fully saturated rings. The average molecular weight is 260 g/mol. The molecule has 0 saturated heterocycles. The molecule has 0 bridgehead atoms. The molecule has 0 radical (unpaired) electrons. The Bertz CT molecular complexity index is 388. The van der Waals surface area contributed by atoms with Crippen LogP contribution in [-0.2, 0) is 0 Å². The van der Waals surface area contributed by atoms with Gasteiger partial charge in [-0.15, -0.1) is 0 Å². The van der Waals surface area contributed by atoms with Crippen molar-refractivity contribution in [2.75, 3.05) is 0 Å². The molecule has 0 amide bonds. The summed E-state index contributed by atoms with van der Waals surface area (Å²) in [4.78, 5) is 0. The fraction of sp³-hybridized carbons (Fsp3) is 0.444. The van der Waals surface area contributed by atoms with Gasteiger partial charge in [-0.2, -0.15) is 0 Å². The minimum absolute atomic E-state index is 0.698. The molecule has 0 unspecified atom stereocenters. The van der Waals surface area contributed by atoms with Crippen LogP contribution in [0.3, 0.4) is 0 Å². The monoisotopic (exact) mass is 260 g/mol. The van der Waals surface area contributed by atoms with Crippen molar-refractivity contribution in [1.29, 1.82) is 0 Å². The number of hydrogen-bond donors (Lipinski definition) is 0. The fourth-order valence-corrected chi connectivity index (χ4v) is 1.07. The summed E-state index contributed by atoms with van der Waals surface area (Å²) in [6.07, 6.45) is 3.86. The highest BCUT2D eigenvalue weighted by Gasteiger charge is 2.04. The third-order valence-electron chi connectivity index (χ3n) is 1.61. The molecule has 1 heteroatoms. The van der Waals surface area contributed by atoms with E-state index in [4.69, 9.17) is 4.74 Å². The number of allylic oxidation sites excluding steroid dienone is 1. The Kier molecular flexibility index (Phi) is 8.69. The number of para-hydroxylation sites is 1. The summed E-state index contributed by atoms with van der Waals surface area (Å²) in [5.74, 6) is 3.25. The van der Waals surface area contributed by atoms with Crippen molar-refractivity contribution in [3.63, 3.8) is 0 Å². The zero-order chi connectivity index (χ0) is 14.8. The predicted molar refractivity (Wildman–Crippen MR) is 86.3 cm³/mol. The Balaban J connectivity index is 0.000000342. The normalized spacial score (nSPS) is 11.9. The van der Waals surface area contributed by atoms with Gasteiger partial charge in [0, 0.05) is 5.56 Å². The molecule has 1 aromatic carbocycles. The van der Waals surface area contributed by atoms with Crippen LogP contribution in [0.5, 0.6) is 5.75 Å². The van der Waals surface area contributed by atoms with Crippen LogP contribution in [0.25, 0.3) is 6.08 Å². The third kappa shape index (κ3) is 10.1. The topological polar surface area (TPSA) is 9.23 Å². The van der Waals surface area contributed by atoms with E-state index in [1.54, 1.807) is 0 Å². The molecule has 106 valence electrons. The van der Waals surface area contributed by atoms with Gasteiger partial charge in [0.05, 0.1) is 0 Å². The summed E-state index contributed by atoms with van der Waals surface area (Å²) in [5.41, 5.74) is 1.11. The Hall–Kier alpha value is -1.50. The lowest BCUT2D eigenvalue weighted by atomic mass is 10.1. The number of fused-ring (bicyclic) bond motifs is 1. The first-order valence-corrected chi connectivity index (χ1v) is 6.96. The summed E-state index contributed by atoms with van der Waals surface area (Å²) in [5, 5.41) is 0. The van der Waals surface area contributed by atoms with Crippen molar-refractivity contribution in [2.24, 2.45) is 11.8 Å². The predicted octanol–water partition coefficient (Wildman–Crippen LogP) is 5.93. The summed E-state index contributed by atoms with van der Waals surface area (Å²) in [6.45, 7) is 16.7. The second-order valence-electron chi connectivity index (χ2n) is 5.90. The minimum atomic E-state index is 0.698. The van der Waals surface area contributed by atoms with Crippen molar-refractivity contribution >= 4 is 6.08 Å². The highest BCUT2D eigenvalue weighted by atomic mass is 16.5. The summed E-state index contributed by atoms with van der Waals surface area (Å²) < 4.78 is 5.35. The smallest absolute Gasteiger partial charge is 0.134 e. The standard InChI is InChI=1S/C10H8O.2C4H10/c1-8-6-7-9-4-2-3-5-10(9)11-8;2*1-4(2)3/h2-7H,1H2;2*4H,1-3H3. The molecular weight excluding hydrogens is 232 g/mol. The third-order valence-corrected chi connectivity index (χ3v) is 1.61. The lowest BCUT2D eigenvalue weighted by Crippen LogP contribution is -1.96. The van der Waals surface area contributed by atoms with Crippen molar-refractivity contribution in [2.45, 2.75) is 41.5 Å². The van der Waals surface area contributed by atoms with E-state index in [1.165, 1.54) is 0 Å². The summed E-state index contributed by atoms with van der Waals surface area (Å²) in [7, 11) is 0. The van der Waals surface area contributed by atoms with Crippen LogP contribution in [0.1, 0.15) is 47.1 Å². The molecule has 19 heavy (non-hydrogen) atoms. The number of hydrogen-bond acceptors (Lipinski definition) is 1. The minimum Gasteiger partial charge on any atom is -0.457 e. The largest absolute Gasteiger partial charge is 0.457 e.